The minimum Gasteiger partial charge on any atom is -0.390 e. The normalized spacial score (nSPS) is 20.7. The van der Waals surface area contributed by atoms with E-state index in [1.54, 1.807) is 0 Å². The summed E-state index contributed by atoms with van der Waals surface area (Å²) in [6.07, 6.45) is 1.39. The molecule has 0 aliphatic carbocycles. The average molecular weight is 362 g/mol. The van der Waals surface area contributed by atoms with Crippen molar-refractivity contribution in [2.75, 3.05) is 18.4 Å². The lowest BCUT2D eigenvalue weighted by atomic mass is 10.0. The van der Waals surface area contributed by atoms with Gasteiger partial charge < -0.3 is 15.7 Å². The molecule has 0 unspecified atom stereocenters. The second kappa shape index (κ2) is 8.15. The molecule has 3 N–H and O–H groups in total. The van der Waals surface area contributed by atoms with E-state index in [4.69, 9.17) is 0 Å². The lowest BCUT2D eigenvalue weighted by molar-refractivity contribution is 0.128. The molecule has 1 saturated heterocycles. The Labute approximate surface area is 148 Å². The maximum atomic E-state index is 10.1. The van der Waals surface area contributed by atoms with Crippen molar-refractivity contribution >= 4 is 36.3 Å². The lowest BCUT2D eigenvalue weighted by Crippen LogP contribution is -2.47. The molecular formula is C15H25Cl2N5O. The number of aryl methyl sites for hydroxylation is 3. The Hall–Kier alpha value is -1.08. The van der Waals surface area contributed by atoms with E-state index in [9.17, 15) is 5.11 Å². The minimum absolute atomic E-state index is 0. The van der Waals surface area contributed by atoms with Crippen molar-refractivity contribution in [1.82, 2.24) is 19.9 Å². The van der Waals surface area contributed by atoms with E-state index in [0.29, 0.717) is 6.54 Å². The number of aliphatic hydroxyl groups excluding tert-OH is 1. The first-order chi connectivity index (χ1) is 10.1. The van der Waals surface area contributed by atoms with Crippen molar-refractivity contribution in [3.05, 3.63) is 23.0 Å². The minimum atomic E-state index is -0.384. The van der Waals surface area contributed by atoms with E-state index >= 15 is 0 Å². The van der Waals surface area contributed by atoms with Gasteiger partial charge in [0.2, 0.25) is 0 Å². The fraction of sp³-hybridized carbons (Fsp3) is 0.600. The van der Waals surface area contributed by atoms with Gasteiger partial charge in [-0.15, -0.1) is 24.8 Å². The third-order valence-electron chi connectivity index (χ3n) is 4.26. The average Bonchev–Trinajstić information content (AvgIpc) is 2.77. The molecule has 0 saturated carbocycles. The maximum absolute atomic E-state index is 10.1. The lowest BCUT2D eigenvalue weighted by Gasteiger charge is -2.30. The van der Waals surface area contributed by atoms with Gasteiger partial charge in [0.1, 0.15) is 5.82 Å². The highest BCUT2D eigenvalue weighted by atomic mass is 35.5. The zero-order valence-corrected chi connectivity index (χ0v) is 15.3. The number of fused-ring (bicyclic) bond motifs is 1. The largest absolute Gasteiger partial charge is 0.390 e. The van der Waals surface area contributed by atoms with Gasteiger partial charge in [-0.3, -0.25) is 0 Å². The molecule has 2 aromatic heterocycles. The number of nitrogens with zero attached hydrogens (tertiary/aromatic N) is 3. The Morgan fingerprint density at radius 3 is 2.78 bits per heavy atom. The van der Waals surface area contributed by atoms with E-state index in [1.165, 1.54) is 0 Å². The highest BCUT2D eigenvalue weighted by molar-refractivity contribution is 5.85. The van der Waals surface area contributed by atoms with Gasteiger partial charge in [-0.1, -0.05) is 6.92 Å². The number of aromatic nitrogens is 3. The smallest absolute Gasteiger partial charge is 0.160 e. The van der Waals surface area contributed by atoms with Crippen molar-refractivity contribution in [3.63, 3.8) is 0 Å². The van der Waals surface area contributed by atoms with Crippen LogP contribution >= 0.6 is 24.8 Å². The topological polar surface area (TPSA) is 74.5 Å². The summed E-state index contributed by atoms with van der Waals surface area (Å²) < 4.78 is 1.86. The number of hydrogen-bond donors (Lipinski definition) is 3. The Kier molecular flexibility index (Phi) is 7.07. The van der Waals surface area contributed by atoms with Gasteiger partial charge >= 0.3 is 0 Å². The number of rotatable bonds is 3. The molecule has 3 rings (SSSR count). The molecule has 1 aliphatic rings. The summed E-state index contributed by atoms with van der Waals surface area (Å²) in [5.74, 6) is 0.916. The molecular weight excluding hydrogens is 337 g/mol. The van der Waals surface area contributed by atoms with E-state index < -0.39 is 0 Å². The Balaban J connectivity index is 0.00000132. The van der Waals surface area contributed by atoms with Crippen molar-refractivity contribution in [2.45, 2.75) is 45.8 Å². The number of nitrogens with one attached hydrogen (secondary N) is 2. The summed E-state index contributed by atoms with van der Waals surface area (Å²) in [6.45, 7) is 7.69. The Morgan fingerprint density at radius 2 is 2.13 bits per heavy atom. The zero-order valence-electron chi connectivity index (χ0n) is 13.7. The summed E-state index contributed by atoms with van der Waals surface area (Å²) in [5, 5.41) is 21.3. The van der Waals surface area contributed by atoms with Crippen molar-refractivity contribution in [3.8, 4) is 0 Å². The second-order valence-electron chi connectivity index (χ2n) is 5.74. The van der Waals surface area contributed by atoms with Crippen molar-refractivity contribution in [2.24, 2.45) is 0 Å². The van der Waals surface area contributed by atoms with Crippen LogP contribution in [0.3, 0.4) is 0 Å². The molecule has 23 heavy (non-hydrogen) atoms. The van der Waals surface area contributed by atoms with Gasteiger partial charge in [0.25, 0.3) is 0 Å². The molecule has 130 valence electrons. The molecule has 2 aromatic rings. The maximum Gasteiger partial charge on any atom is 0.160 e. The second-order valence-corrected chi connectivity index (χ2v) is 5.74. The van der Waals surface area contributed by atoms with E-state index in [2.05, 4.69) is 27.6 Å². The third kappa shape index (κ3) is 3.88. The zero-order chi connectivity index (χ0) is 15.0. The van der Waals surface area contributed by atoms with E-state index in [1.807, 2.05) is 24.4 Å². The predicted octanol–water partition coefficient (Wildman–Crippen LogP) is 1.89. The molecule has 3 heterocycles. The summed E-state index contributed by atoms with van der Waals surface area (Å²) >= 11 is 0. The van der Waals surface area contributed by atoms with Gasteiger partial charge in [0.15, 0.2) is 5.65 Å². The van der Waals surface area contributed by atoms with Gasteiger partial charge in [0, 0.05) is 23.9 Å². The van der Waals surface area contributed by atoms with Crippen LogP contribution in [0.2, 0.25) is 0 Å². The van der Waals surface area contributed by atoms with Crippen LogP contribution in [-0.4, -0.2) is 44.9 Å². The third-order valence-corrected chi connectivity index (χ3v) is 4.26. The number of aliphatic hydroxyl groups is 1. The number of anilines is 1. The molecule has 0 bridgehead atoms. The highest BCUT2D eigenvalue weighted by Crippen LogP contribution is 2.21. The number of piperidine rings is 1. The highest BCUT2D eigenvalue weighted by Gasteiger charge is 2.24. The molecule has 8 heteroatoms. The molecule has 2 atom stereocenters. The first-order valence-electron chi connectivity index (χ1n) is 7.61. The standard InChI is InChI=1S/C15H23N5O.2ClH/c1-4-11-7-14(18-12-5-6-16-8-13(12)21)20-15(17-11)9(2)10(3)19-20;;/h7,12-13,16,18,21H,4-6,8H2,1-3H3;2*1H/t12-,13-;;/m1../s1. The summed E-state index contributed by atoms with van der Waals surface area (Å²) in [5.41, 5.74) is 4.04. The van der Waals surface area contributed by atoms with Crippen LogP contribution in [0.5, 0.6) is 0 Å². The first-order valence-corrected chi connectivity index (χ1v) is 7.61. The van der Waals surface area contributed by atoms with Gasteiger partial charge in [0.05, 0.1) is 17.8 Å². The fourth-order valence-corrected chi connectivity index (χ4v) is 2.76. The van der Waals surface area contributed by atoms with Crippen LogP contribution < -0.4 is 10.6 Å². The van der Waals surface area contributed by atoms with Crippen LogP contribution in [0.25, 0.3) is 5.65 Å². The number of β-amino-alcohol motifs (C(OH)–C–C–N with tert-alkyl or cyclic N) is 1. The van der Waals surface area contributed by atoms with Crippen LogP contribution in [0, 0.1) is 13.8 Å². The molecule has 6 nitrogen and oxygen atoms in total. The molecule has 0 radical (unpaired) electrons. The quantitative estimate of drug-likeness (QED) is 0.778. The van der Waals surface area contributed by atoms with Crippen LogP contribution in [0.15, 0.2) is 6.07 Å². The first kappa shape index (κ1) is 20.0. The van der Waals surface area contributed by atoms with E-state index in [0.717, 1.165) is 47.8 Å². The number of halogens is 2. The molecule has 1 aliphatic heterocycles. The van der Waals surface area contributed by atoms with E-state index in [-0.39, 0.29) is 37.0 Å². The van der Waals surface area contributed by atoms with Crippen molar-refractivity contribution in [1.29, 1.82) is 0 Å². The Morgan fingerprint density at radius 1 is 1.39 bits per heavy atom. The molecule has 1 fully saturated rings. The molecule has 0 amide bonds. The number of hydrogen-bond acceptors (Lipinski definition) is 5. The molecule has 0 aromatic carbocycles. The van der Waals surface area contributed by atoms with Gasteiger partial charge in [-0.25, -0.2) is 4.98 Å². The van der Waals surface area contributed by atoms with Gasteiger partial charge in [-0.05, 0) is 33.2 Å². The SMILES string of the molecule is CCc1cc(N[C@@H]2CCNC[C@H]2O)n2nc(C)c(C)c2n1.Cl.Cl. The summed E-state index contributed by atoms with van der Waals surface area (Å²) in [7, 11) is 0. The predicted molar refractivity (Wildman–Crippen MR) is 97.2 cm³/mol. The van der Waals surface area contributed by atoms with Crippen LogP contribution in [0.4, 0.5) is 5.82 Å². The monoisotopic (exact) mass is 361 g/mol. The summed E-state index contributed by atoms with van der Waals surface area (Å²) in [4.78, 5) is 4.67. The Bertz CT molecular complexity index is 661. The fourth-order valence-electron chi connectivity index (χ4n) is 2.76. The van der Waals surface area contributed by atoms with Gasteiger partial charge in [-0.2, -0.15) is 9.61 Å². The van der Waals surface area contributed by atoms with Crippen molar-refractivity contribution < 1.29 is 5.11 Å². The van der Waals surface area contributed by atoms with Crippen LogP contribution in [0.1, 0.15) is 30.3 Å². The molecule has 0 spiro atoms. The van der Waals surface area contributed by atoms with Crippen LogP contribution in [-0.2, 0) is 6.42 Å². The summed E-state index contributed by atoms with van der Waals surface area (Å²) in [6, 6.07) is 2.08.